The zero-order valence-corrected chi connectivity index (χ0v) is 15.7. The van der Waals surface area contributed by atoms with Crippen LogP contribution in [0.3, 0.4) is 0 Å². The van der Waals surface area contributed by atoms with Crippen LogP contribution in [0.25, 0.3) is 0 Å². The van der Waals surface area contributed by atoms with E-state index in [-0.39, 0.29) is 18.3 Å². The molecule has 2 rings (SSSR count). The van der Waals surface area contributed by atoms with Gasteiger partial charge in [0.25, 0.3) is 0 Å². The number of carbonyl (C=O) groups excluding carboxylic acids is 1. The first-order chi connectivity index (χ1) is 12.4. The zero-order chi connectivity index (χ0) is 19.1. The second kappa shape index (κ2) is 9.20. The molecule has 0 aliphatic carbocycles. The molecular formula is C20H25FN2O3. The summed E-state index contributed by atoms with van der Waals surface area (Å²) in [7, 11) is 6.84. The molecule has 0 saturated carbocycles. The monoisotopic (exact) mass is 360 g/mol. The third kappa shape index (κ3) is 5.46. The van der Waals surface area contributed by atoms with Gasteiger partial charge >= 0.3 is 0 Å². The van der Waals surface area contributed by atoms with Crippen LogP contribution >= 0.6 is 0 Å². The molecule has 0 spiro atoms. The standard InChI is InChI=1S/C20H25FN2O3/c1-22(13-16-7-10-18(25-3)11-19(16)26-4)14-20(24)23(2)12-15-5-8-17(21)9-6-15/h5-11H,12-14H2,1-4H3. The number of hydrogen-bond acceptors (Lipinski definition) is 4. The van der Waals surface area contributed by atoms with Crippen molar-refractivity contribution in [3.8, 4) is 11.5 Å². The third-order valence-electron chi connectivity index (χ3n) is 4.10. The van der Waals surface area contributed by atoms with Crippen molar-refractivity contribution in [2.75, 3.05) is 34.9 Å². The van der Waals surface area contributed by atoms with Crippen molar-refractivity contribution >= 4 is 5.91 Å². The summed E-state index contributed by atoms with van der Waals surface area (Å²) in [4.78, 5) is 16.0. The molecule has 0 unspecified atom stereocenters. The second-order valence-corrected chi connectivity index (χ2v) is 6.23. The second-order valence-electron chi connectivity index (χ2n) is 6.23. The predicted octanol–water partition coefficient (Wildman–Crippen LogP) is 2.93. The molecule has 0 saturated heterocycles. The Kier molecular flexibility index (Phi) is 6.97. The summed E-state index contributed by atoms with van der Waals surface area (Å²) in [6, 6.07) is 11.8. The first-order valence-corrected chi connectivity index (χ1v) is 8.30. The highest BCUT2D eigenvalue weighted by Crippen LogP contribution is 2.25. The van der Waals surface area contributed by atoms with Gasteiger partial charge in [-0.2, -0.15) is 0 Å². The fraction of sp³-hybridized carbons (Fsp3) is 0.350. The average Bonchev–Trinajstić information content (AvgIpc) is 2.63. The Morgan fingerprint density at radius 3 is 2.31 bits per heavy atom. The zero-order valence-electron chi connectivity index (χ0n) is 15.7. The molecule has 5 nitrogen and oxygen atoms in total. The van der Waals surface area contributed by atoms with Crippen molar-refractivity contribution in [1.29, 1.82) is 0 Å². The van der Waals surface area contributed by atoms with E-state index in [9.17, 15) is 9.18 Å². The van der Waals surface area contributed by atoms with E-state index in [2.05, 4.69) is 0 Å². The van der Waals surface area contributed by atoms with Crippen molar-refractivity contribution < 1.29 is 18.7 Å². The summed E-state index contributed by atoms with van der Waals surface area (Å²) in [6.07, 6.45) is 0. The van der Waals surface area contributed by atoms with E-state index in [4.69, 9.17) is 9.47 Å². The van der Waals surface area contributed by atoms with Crippen LogP contribution in [-0.4, -0.2) is 50.6 Å². The Morgan fingerprint density at radius 2 is 1.69 bits per heavy atom. The lowest BCUT2D eigenvalue weighted by molar-refractivity contribution is -0.131. The van der Waals surface area contributed by atoms with Crippen LogP contribution < -0.4 is 9.47 Å². The number of carbonyl (C=O) groups is 1. The van der Waals surface area contributed by atoms with Gasteiger partial charge in [0.2, 0.25) is 5.91 Å². The molecule has 2 aromatic carbocycles. The predicted molar refractivity (Wildman–Crippen MR) is 98.8 cm³/mol. The van der Waals surface area contributed by atoms with E-state index in [0.717, 1.165) is 22.6 Å². The lowest BCUT2D eigenvalue weighted by Gasteiger charge is -2.23. The Balaban J connectivity index is 1.93. The molecule has 0 fully saturated rings. The van der Waals surface area contributed by atoms with Crippen LogP contribution in [0.2, 0.25) is 0 Å². The first kappa shape index (κ1) is 19.7. The molecule has 6 heteroatoms. The van der Waals surface area contributed by atoms with E-state index < -0.39 is 0 Å². The Labute approximate surface area is 153 Å². The Hall–Kier alpha value is -2.60. The summed E-state index contributed by atoms with van der Waals surface area (Å²) < 4.78 is 23.6. The van der Waals surface area contributed by atoms with Crippen molar-refractivity contribution in [1.82, 2.24) is 9.80 Å². The van der Waals surface area contributed by atoms with Crippen molar-refractivity contribution in [3.05, 3.63) is 59.4 Å². The molecule has 0 aromatic heterocycles. The summed E-state index contributed by atoms with van der Waals surface area (Å²) in [5.74, 6) is 1.16. The van der Waals surface area contributed by atoms with Gasteiger partial charge in [-0.25, -0.2) is 4.39 Å². The molecule has 0 heterocycles. The molecule has 0 atom stereocenters. The Bertz CT molecular complexity index is 734. The molecule has 0 aliphatic rings. The maximum atomic E-state index is 13.0. The molecule has 0 N–H and O–H groups in total. The minimum Gasteiger partial charge on any atom is -0.497 e. The molecule has 140 valence electrons. The van der Waals surface area contributed by atoms with Gasteiger partial charge in [0.05, 0.1) is 20.8 Å². The van der Waals surface area contributed by atoms with Gasteiger partial charge in [-0.05, 0) is 30.8 Å². The number of hydrogen-bond donors (Lipinski definition) is 0. The van der Waals surface area contributed by atoms with Crippen LogP contribution in [0.4, 0.5) is 4.39 Å². The summed E-state index contributed by atoms with van der Waals surface area (Å²) in [5.41, 5.74) is 1.87. The number of benzene rings is 2. The molecule has 0 aliphatic heterocycles. The highest BCUT2D eigenvalue weighted by Gasteiger charge is 2.14. The summed E-state index contributed by atoms with van der Waals surface area (Å²) >= 11 is 0. The molecular weight excluding hydrogens is 335 g/mol. The topological polar surface area (TPSA) is 42.0 Å². The van der Waals surface area contributed by atoms with Gasteiger partial charge in [-0.3, -0.25) is 9.69 Å². The van der Waals surface area contributed by atoms with E-state index in [1.807, 2.05) is 30.1 Å². The largest absolute Gasteiger partial charge is 0.497 e. The number of likely N-dealkylation sites (N-methyl/N-ethyl adjacent to an activating group) is 2. The van der Waals surface area contributed by atoms with Crippen LogP contribution in [0, 0.1) is 5.82 Å². The third-order valence-corrected chi connectivity index (χ3v) is 4.10. The van der Waals surface area contributed by atoms with Crippen LogP contribution in [0.15, 0.2) is 42.5 Å². The highest BCUT2D eigenvalue weighted by atomic mass is 19.1. The SMILES string of the molecule is COc1ccc(CN(C)CC(=O)N(C)Cc2ccc(F)cc2)c(OC)c1. The maximum Gasteiger partial charge on any atom is 0.236 e. The molecule has 0 bridgehead atoms. The fourth-order valence-electron chi connectivity index (χ4n) is 2.63. The maximum absolute atomic E-state index is 13.0. The Morgan fingerprint density at radius 1 is 1.00 bits per heavy atom. The summed E-state index contributed by atoms with van der Waals surface area (Å²) in [5, 5.41) is 0. The smallest absolute Gasteiger partial charge is 0.236 e. The van der Waals surface area contributed by atoms with Gasteiger partial charge < -0.3 is 14.4 Å². The first-order valence-electron chi connectivity index (χ1n) is 8.30. The van der Waals surface area contributed by atoms with E-state index >= 15 is 0 Å². The van der Waals surface area contributed by atoms with E-state index in [1.165, 1.54) is 12.1 Å². The average molecular weight is 360 g/mol. The molecule has 0 radical (unpaired) electrons. The lowest BCUT2D eigenvalue weighted by atomic mass is 10.1. The highest BCUT2D eigenvalue weighted by molar-refractivity contribution is 5.78. The quantitative estimate of drug-likeness (QED) is 0.726. The van der Waals surface area contributed by atoms with Crippen molar-refractivity contribution in [2.45, 2.75) is 13.1 Å². The van der Waals surface area contributed by atoms with Crippen molar-refractivity contribution in [3.63, 3.8) is 0 Å². The normalized spacial score (nSPS) is 10.7. The minimum atomic E-state index is -0.282. The molecule has 1 amide bonds. The van der Waals surface area contributed by atoms with Gasteiger partial charge in [0.15, 0.2) is 0 Å². The number of ether oxygens (including phenoxy) is 2. The van der Waals surface area contributed by atoms with Gasteiger partial charge in [0.1, 0.15) is 17.3 Å². The number of rotatable bonds is 8. The number of methoxy groups -OCH3 is 2. The van der Waals surface area contributed by atoms with Gasteiger partial charge in [-0.1, -0.05) is 18.2 Å². The minimum absolute atomic E-state index is 0.00990. The van der Waals surface area contributed by atoms with Gasteiger partial charge in [-0.15, -0.1) is 0 Å². The number of amides is 1. The summed E-state index contributed by atoms with van der Waals surface area (Å²) in [6.45, 7) is 1.29. The van der Waals surface area contributed by atoms with E-state index in [0.29, 0.717) is 13.1 Å². The number of nitrogens with zero attached hydrogens (tertiary/aromatic N) is 2. The number of halogens is 1. The molecule has 2 aromatic rings. The van der Waals surface area contributed by atoms with Crippen LogP contribution in [0.5, 0.6) is 11.5 Å². The lowest BCUT2D eigenvalue weighted by Crippen LogP contribution is -2.36. The van der Waals surface area contributed by atoms with E-state index in [1.54, 1.807) is 38.3 Å². The molecule has 26 heavy (non-hydrogen) atoms. The van der Waals surface area contributed by atoms with Gasteiger partial charge in [0, 0.05) is 31.8 Å². The fourth-order valence-corrected chi connectivity index (χ4v) is 2.63. The van der Waals surface area contributed by atoms with Crippen molar-refractivity contribution in [2.24, 2.45) is 0 Å². The van der Waals surface area contributed by atoms with Crippen LogP contribution in [-0.2, 0) is 17.9 Å². The van der Waals surface area contributed by atoms with Crippen LogP contribution in [0.1, 0.15) is 11.1 Å².